The number of hydrogen-bond acceptors (Lipinski definition) is 6. The largest absolute Gasteiger partial charge is 0.361 e. The van der Waals surface area contributed by atoms with Gasteiger partial charge in [0.2, 0.25) is 26.0 Å². The Morgan fingerprint density at radius 1 is 1.10 bits per heavy atom. The third-order valence-electron chi connectivity index (χ3n) is 7.32. The van der Waals surface area contributed by atoms with E-state index in [9.17, 15) is 26.9 Å². The first-order valence-electron chi connectivity index (χ1n) is 13.0. The molecule has 13 heteroatoms. The summed E-state index contributed by atoms with van der Waals surface area (Å²) in [5.74, 6) is -0.424. The fourth-order valence-corrected chi connectivity index (χ4v) is 7.46. The second kappa shape index (κ2) is 11.1. The molecule has 2 N–H and O–H groups in total. The number of amides is 1. The number of carbonyl (C=O) groups excluding carboxylic acids is 1. The molecule has 4 aromatic rings. The number of carbonyl (C=O) groups is 1. The molecule has 0 aliphatic carbocycles. The molecule has 11 nitrogen and oxygen atoms in total. The van der Waals surface area contributed by atoms with Gasteiger partial charge in [-0.1, -0.05) is 12.1 Å². The first kappa shape index (κ1) is 28.6. The van der Waals surface area contributed by atoms with E-state index >= 15 is 0 Å². The number of H-pyrrole nitrogens is 1. The van der Waals surface area contributed by atoms with E-state index in [1.807, 2.05) is 0 Å². The molecule has 1 aliphatic heterocycles. The van der Waals surface area contributed by atoms with E-state index in [2.05, 4.69) is 15.8 Å². The Morgan fingerprint density at radius 3 is 2.66 bits per heavy atom. The Bertz CT molecular complexity index is 1870. The number of aromatic nitrogens is 2. The van der Waals surface area contributed by atoms with Crippen molar-refractivity contribution in [3.8, 4) is 6.07 Å². The molecular formula is C28H30N6O5S2. The summed E-state index contributed by atoms with van der Waals surface area (Å²) in [5.41, 5.74) is 2.69. The van der Waals surface area contributed by atoms with Crippen LogP contribution in [0, 0.1) is 11.3 Å². The van der Waals surface area contributed by atoms with Gasteiger partial charge in [0.25, 0.3) is 0 Å². The molecule has 0 spiro atoms. The zero-order valence-corrected chi connectivity index (χ0v) is 24.2. The Labute approximate surface area is 239 Å². The number of aromatic amines is 1. The van der Waals surface area contributed by atoms with Crippen molar-refractivity contribution in [2.45, 2.75) is 41.8 Å². The van der Waals surface area contributed by atoms with Crippen molar-refractivity contribution in [2.24, 2.45) is 0 Å². The fraction of sp³-hybridized carbons (Fsp3) is 0.286. The van der Waals surface area contributed by atoms with Crippen molar-refractivity contribution in [3.05, 3.63) is 83.8 Å². The predicted molar refractivity (Wildman–Crippen MR) is 153 cm³/mol. The topological polar surface area (TPSA) is 148 Å². The summed E-state index contributed by atoms with van der Waals surface area (Å²) < 4.78 is 58.1. The molecular weight excluding hydrogens is 564 g/mol. The normalized spacial score (nSPS) is 14.6. The Kier molecular flexibility index (Phi) is 7.76. The fourth-order valence-electron chi connectivity index (χ4n) is 5.07. The van der Waals surface area contributed by atoms with Crippen LogP contribution in [0.1, 0.15) is 23.2 Å². The van der Waals surface area contributed by atoms with E-state index in [0.29, 0.717) is 35.1 Å². The number of rotatable bonds is 9. The van der Waals surface area contributed by atoms with Crippen molar-refractivity contribution < 1.29 is 21.6 Å². The molecule has 2 aromatic carbocycles. The lowest BCUT2D eigenvalue weighted by Crippen LogP contribution is -2.50. The third-order valence-corrected chi connectivity index (χ3v) is 10.7. The van der Waals surface area contributed by atoms with Crippen LogP contribution in [0.3, 0.4) is 0 Å². The molecule has 1 amide bonds. The van der Waals surface area contributed by atoms with Crippen molar-refractivity contribution in [1.29, 1.82) is 5.26 Å². The zero-order chi connectivity index (χ0) is 29.4. The van der Waals surface area contributed by atoms with Crippen LogP contribution in [-0.4, -0.2) is 68.2 Å². The highest BCUT2D eigenvalue weighted by Gasteiger charge is 2.32. The summed E-state index contributed by atoms with van der Waals surface area (Å²) >= 11 is 0. The van der Waals surface area contributed by atoms with Gasteiger partial charge in [-0.2, -0.15) is 9.98 Å². The van der Waals surface area contributed by atoms with Crippen LogP contribution < -0.4 is 4.72 Å². The van der Waals surface area contributed by atoms with E-state index in [1.165, 1.54) is 20.2 Å². The summed E-state index contributed by atoms with van der Waals surface area (Å²) in [6.07, 6.45) is 3.96. The Hall–Kier alpha value is -3.96. The van der Waals surface area contributed by atoms with Crippen LogP contribution in [0.25, 0.3) is 10.9 Å². The third kappa shape index (κ3) is 5.64. The van der Waals surface area contributed by atoms with Gasteiger partial charge in [0.1, 0.15) is 17.8 Å². The highest BCUT2D eigenvalue weighted by Crippen LogP contribution is 2.26. The molecule has 0 fully saturated rings. The smallest absolute Gasteiger partial charge is 0.242 e. The van der Waals surface area contributed by atoms with Gasteiger partial charge in [-0.05, 0) is 66.4 Å². The molecule has 0 radical (unpaired) electrons. The van der Waals surface area contributed by atoms with E-state index in [4.69, 9.17) is 0 Å². The van der Waals surface area contributed by atoms with Crippen LogP contribution in [0.2, 0.25) is 0 Å². The summed E-state index contributed by atoms with van der Waals surface area (Å²) in [4.78, 5) is 18.7. The summed E-state index contributed by atoms with van der Waals surface area (Å²) in [5, 5.41) is 9.91. The number of nitrogens with zero attached hydrogens (tertiary/aromatic N) is 4. The number of benzene rings is 2. The number of nitriles is 1. The van der Waals surface area contributed by atoms with Gasteiger partial charge in [-0.25, -0.2) is 21.1 Å². The summed E-state index contributed by atoms with van der Waals surface area (Å²) in [6.45, 7) is 0.729. The van der Waals surface area contributed by atoms with E-state index < -0.39 is 32.0 Å². The molecule has 3 heterocycles. The SMILES string of the molecule is CN(C)S(=O)(=O)c1ccc2c(c1)CN(C(=O)C(CCn1cccc1C#N)NS(=O)(=O)c1cccc3[nH]ccc13)CC2. The van der Waals surface area contributed by atoms with Crippen LogP contribution in [0.15, 0.2) is 76.8 Å². The Balaban J connectivity index is 1.44. The standard InChI is InChI=1S/C28H30N6O5S2/c1-32(2)41(38,39)23-9-8-20-11-15-34(19-21(20)17-23)28(35)26(12-16-33-14-4-5-22(33)18-29)31-40(36,37)27-7-3-6-25-24(27)10-13-30-25/h3-10,13-14,17,26,30-31H,11-12,15-16,19H2,1-2H3. The highest BCUT2D eigenvalue weighted by atomic mass is 32.2. The molecule has 0 saturated carbocycles. The maximum absolute atomic E-state index is 13.9. The second-order valence-electron chi connectivity index (χ2n) is 10.1. The van der Waals surface area contributed by atoms with E-state index in [0.717, 1.165) is 9.87 Å². The molecule has 0 saturated heterocycles. The zero-order valence-electron chi connectivity index (χ0n) is 22.6. The van der Waals surface area contributed by atoms with Crippen molar-refractivity contribution in [3.63, 3.8) is 0 Å². The molecule has 41 heavy (non-hydrogen) atoms. The lowest BCUT2D eigenvalue weighted by Gasteiger charge is -2.32. The van der Waals surface area contributed by atoms with Gasteiger partial charge in [-0.15, -0.1) is 0 Å². The summed E-state index contributed by atoms with van der Waals surface area (Å²) in [6, 6.07) is 15.8. The van der Waals surface area contributed by atoms with Gasteiger partial charge in [0.05, 0.1) is 9.79 Å². The van der Waals surface area contributed by atoms with Gasteiger partial charge in [-0.3, -0.25) is 4.79 Å². The number of nitrogens with one attached hydrogen (secondary N) is 2. The lowest BCUT2D eigenvalue weighted by molar-refractivity contribution is -0.134. The minimum absolute atomic E-state index is 0.0512. The molecule has 1 aliphatic rings. The first-order chi connectivity index (χ1) is 19.5. The quantitative estimate of drug-likeness (QED) is 0.304. The molecule has 1 unspecified atom stereocenters. The minimum atomic E-state index is -4.12. The molecule has 1 atom stereocenters. The lowest BCUT2D eigenvalue weighted by atomic mass is 9.99. The van der Waals surface area contributed by atoms with E-state index in [-0.39, 0.29) is 29.3 Å². The number of sulfonamides is 2. The van der Waals surface area contributed by atoms with Crippen molar-refractivity contribution >= 4 is 36.9 Å². The van der Waals surface area contributed by atoms with Crippen molar-refractivity contribution in [2.75, 3.05) is 20.6 Å². The number of fused-ring (bicyclic) bond motifs is 2. The maximum atomic E-state index is 13.9. The van der Waals surface area contributed by atoms with Gasteiger partial charge < -0.3 is 14.5 Å². The predicted octanol–water partition coefficient (Wildman–Crippen LogP) is 2.41. The van der Waals surface area contributed by atoms with E-state index in [1.54, 1.807) is 70.4 Å². The average Bonchev–Trinajstić information content (AvgIpc) is 3.63. The molecule has 2 aromatic heterocycles. The highest BCUT2D eigenvalue weighted by molar-refractivity contribution is 7.89. The van der Waals surface area contributed by atoms with Crippen LogP contribution in [0.5, 0.6) is 0 Å². The van der Waals surface area contributed by atoms with Crippen LogP contribution in [-0.2, 0) is 44.4 Å². The van der Waals surface area contributed by atoms with Gasteiger partial charge in [0.15, 0.2) is 0 Å². The Morgan fingerprint density at radius 2 is 1.90 bits per heavy atom. The summed E-state index contributed by atoms with van der Waals surface area (Å²) in [7, 11) is -4.87. The number of aryl methyl sites for hydroxylation is 1. The minimum Gasteiger partial charge on any atom is -0.361 e. The maximum Gasteiger partial charge on any atom is 0.242 e. The van der Waals surface area contributed by atoms with Crippen LogP contribution >= 0.6 is 0 Å². The van der Waals surface area contributed by atoms with Gasteiger partial charge in [0, 0.05) is 57.0 Å². The monoisotopic (exact) mass is 594 g/mol. The van der Waals surface area contributed by atoms with Crippen LogP contribution in [0.4, 0.5) is 0 Å². The van der Waals surface area contributed by atoms with Gasteiger partial charge >= 0.3 is 0 Å². The number of hydrogen-bond donors (Lipinski definition) is 2. The molecule has 0 bridgehead atoms. The average molecular weight is 595 g/mol. The molecule has 5 rings (SSSR count). The molecule has 214 valence electrons. The second-order valence-corrected chi connectivity index (χ2v) is 13.9. The first-order valence-corrected chi connectivity index (χ1v) is 15.9. The van der Waals surface area contributed by atoms with Crippen molar-refractivity contribution in [1.82, 2.24) is 23.5 Å².